The molecule has 0 atom stereocenters. The van der Waals surface area contributed by atoms with Crippen molar-refractivity contribution in [2.75, 3.05) is 0 Å². The van der Waals surface area contributed by atoms with Gasteiger partial charge in [-0.3, -0.25) is 24.2 Å². The molecule has 121 heavy (non-hydrogen) atoms. The molecule has 0 amide bonds. The summed E-state index contributed by atoms with van der Waals surface area (Å²) in [6.07, 6.45) is 12.1. The molecule has 0 aliphatic rings. The third kappa shape index (κ3) is 32.3. The van der Waals surface area contributed by atoms with Crippen molar-refractivity contribution in [3.63, 3.8) is 0 Å². The predicted molar refractivity (Wildman–Crippen MR) is 479 cm³/mol. The van der Waals surface area contributed by atoms with Gasteiger partial charge in [0.2, 0.25) is 0 Å². The van der Waals surface area contributed by atoms with Crippen LogP contribution in [0.3, 0.4) is 0 Å². The van der Waals surface area contributed by atoms with Crippen molar-refractivity contribution in [3.05, 3.63) is 381 Å². The molecule has 0 bridgehead atoms. The summed E-state index contributed by atoms with van der Waals surface area (Å²) in [6, 6.07) is 107. The van der Waals surface area contributed by atoms with Crippen LogP contribution >= 0.6 is 22.7 Å². The SMILES string of the molecule is CC(=O)C=C(C)O.CC(=O)C=C(C)O.CC(=O)C=C(C)O.CC(=O)C=C(C)O.Cc1[c-]c(-c2nccc3c2sc2ccccc23)cc(C)c1.[Ir].[Ir].[Ir].[Ir].[Ir].[c-]1ccccc1-c1ccc2ccccc2n1.[c-]1ccccc1-c1nccc2c1sc1ccccc12.[c-]1ccccc1-c1nccc2ccccc12.[c-]1ccccc1-c1nccc2ccccc12. The maximum atomic E-state index is 10.0. The average Bonchev–Trinajstić information content (AvgIpc) is 1.63. The molecule has 0 aliphatic carbocycles. The Morgan fingerprint density at radius 1 is 0.314 bits per heavy atom. The first-order valence-electron chi connectivity index (χ1n) is 37.0. The van der Waals surface area contributed by atoms with E-state index in [2.05, 4.69) is 184 Å². The Morgan fingerprint density at radius 3 is 1.00 bits per heavy atom. The van der Waals surface area contributed by atoms with Crippen LogP contribution in [0, 0.1) is 44.2 Å². The number of fused-ring (bicyclic) bond motifs is 9. The number of aromatic nitrogens is 5. The number of hydrogen-bond acceptors (Lipinski definition) is 15. The molecule has 4 N–H and O–H groups in total. The third-order valence-electron chi connectivity index (χ3n) is 16.5. The van der Waals surface area contributed by atoms with Crippen LogP contribution in [0.2, 0.25) is 0 Å². The Morgan fingerprint density at radius 2 is 0.636 bits per heavy atom. The first kappa shape index (κ1) is 103. The molecular weight excluding hydrogens is 2440 g/mol. The van der Waals surface area contributed by atoms with Crippen LogP contribution in [0.15, 0.2) is 339 Å². The van der Waals surface area contributed by atoms with E-state index >= 15 is 0 Å². The minimum absolute atomic E-state index is 0. The van der Waals surface area contributed by atoms with E-state index in [1.54, 1.807) is 11.3 Å². The van der Waals surface area contributed by atoms with Crippen LogP contribution < -0.4 is 0 Å². The van der Waals surface area contributed by atoms with Crippen LogP contribution in [0.5, 0.6) is 0 Å². The van der Waals surface area contributed by atoms with Crippen molar-refractivity contribution in [2.24, 2.45) is 0 Å². The molecule has 20 heteroatoms. The van der Waals surface area contributed by atoms with Crippen LogP contribution in [-0.2, 0) is 120 Å². The zero-order valence-corrected chi connectivity index (χ0v) is 81.3. The molecule has 0 aliphatic heterocycles. The van der Waals surface area contributed by atoms with Gasteiger partial charge < -0.3 is 40.4 Å². The second-order valence-corrected chi connectivity index (χ2v) is 28.5. The summed E-state index contributed by atoms with van der Waals surface area (Å²) in [4.78, 5) is 62.8. The molecule has 17 rings (SSSR count). The fourth-order valence-corrected chi connectivity index (χ4v) is 14.3. The first-order chi connectivity index (χ1) is 56.0. The number of rotatable bonds is 9. The molecule has 0 saturated carbocycles. The van der Waals surface area contributed by atoms with Crippen LogP contribution in [0.4, 0.5) is 0 Å². The number of aliphatic hydroxyl groups excluding tert-OH is 4. The Balaban J connectivity index is 0.000000293. The minimum Gasteiger partial charge on any atom is -0.512 e. The van der Waals surface area contributed by atoms with Crippen molar-refractivity contribution < 1.29 is 140 Å². The molecule has 625 valence electrons. The van der Waals surface area contributed by atoms with Gasteiger partial charge in [-0.2, -0.15) is 0 Å². The van der Waals surface area contributed by atoms with Crippen LogP contribution in [0.1, 0.15) is 66.5 Å². The quantitative estimate of drug-likeness (QED) is 0.0602. The molecule has 0 fully saturated rings. The number of carbonyl (C=O) groups excluding carboxylic acids is 4. The molecule has 0 unspecified atom stereocenters. The number of nitrogens with zero attached hydrogens (tertiary/aromatic N) is 5. The summed E-state index contributed by atoms with van der Waals surface area (Å²) in [5, 5.41) is 44.6. The summed E-state index contributed by atoms with van der Waals surface area (Å²) in [7, 11) is 0. The van der Waals surface area contributed by atoms with Gasteiger partial charge in [0.1, 0.15) is 0 Å². The smallest absolute Gasteiger partial charge is 0.155 e. The van der Waals surface area contributed by atoms with E-state index in [0.29, 0.717) is 0 Å². The van der Waals surface area contributed by atoms with Crippen molar-refractivity contribution in [3.8, 4) is 56.3 Å². The monoisotopic (exact) mass is 2530 g/mol. The second kappa shape index (κ2) is 53.1. The minimum atomic E-state index is -0.125. The van der Waals surface area contributed by atoms with Crippen LogP contribution in [-0.4, -0.2) is 68.5 Å². The molecular formula is C101H86Ir5N5O8S2-5. The molecule has 10 aromatic carbocycles. The van der Waals surface area contributed by atoms with E-state index < -0.39 is 0 Å². The summed E-state index contributed by atoms with van der Waals surface area (Å²) in [5.41, 5.74) is 13.7. The van der Waals surface area contributed by atoms with E-state index in [0.717, 1.165) is 67.4 Å². The third-order valence-corrected chi connectivity index (χ3v) is 18.8. The molecule has 17 aromatic rings. The van der Waals surface area contributed by atoms with E-state index in [9.17, 15) is 19.2 Å². The molecule has 0 spiro atoms. The van der Waals surface area contributed by atoms with Gasteiger partial charge in [-0.25, -0.2) is 0 Å². The van der Waals surface area contributed by atoms with Gasteiger partial charge in [-0.05, 0) is 163 Å². The van der Waals surface area contributed by atoms with Gasteiger partial charge in [-0.1, -0.05) is 129 Å². The summed E-state index contributed by atoms with van der Waals surface area (Å²) >= 11 is 3.61. The fraction of sp³-hybridized carbons (Fsp3) is 0.0990. The van der Waals surface area contributed by atoms with Crippen LogP contribution in [0.25, 0.3) is 129 Å². The largest absolute Gasteiger partial charge is 0.512 e. The van der Waals surface area contributed by atoms with Crippen molar-refractivity contribution >= 4 is 119 Å². The van der Waals surface area contributed by atoms with Crippen molar-refractivity contribution in [1.82, 2.24) is 24.9 Å². The number of allylic oxidation sites excluding steroid dienone is 8. The molecule has 7 aromatic heterocycles. The predicted octanol–water partition coefficient (Wildman–Crippen LogP) is 25.7. The number of pyridine rings is 5. The molecule has 0 saturated heterocycles. The van der Waals surface area contributed by atoms with Gasteiger partial charge in [0, 0.05) is 180 Å². The van der Waals surface area contributed by atoms with E-state index in [1.165, 1.54) is 153 Å². The van der Waals surface area contributed by atoms with E-state index in [-0.39, 0.29) is 147 Å². The Kier molecular flexibility index (Phi) is 45.0. The molecule has 13 nitrogen and oxygen atoms in total. The number of carbonyl (C=O) groups is 4. The Labute approximate surface area is 782 Å². The number of aryl methyl sites for hydroxylation is 2. The van der Waals surface area contributed by atoms with Gasteiger partial charge >= 0.3 is 0 Å². The standard InChI is InChI=1S/C19H14NS.C17H10NS.3C15H10N.4C5H8O2.5Ir/c1-12-9-13(2)11-14(10-12)18-19-16(7-8-20-18)15-5-3-4-6-17(15)21-19;1-2-6-12(7-3-1)16-17-14(10-11-18-16)13-8-4-5-9-15(13)19-17;2*1-2-7-13(8-3-1)15-14-9-5-4-6-12(14)10-11-16-15;1-2-6-12(7-3-1)15-11-10-13-8-4-5-9-14(13)16-15;4*1-4(6)3-5(2)7;;;;;/h3-10H,1-2H3;1-6,8-11H;2*1-7,9-11H;1-6,8-11H;4*3,6H,1-2H3;;;;;/q5*-1;;;;;;;;;. The number of ketones is 4. The number of thiophene rings is 2. The maximum Gasteiger partial charge on any atom is 0.155 e. The number of para-hydroxylation sites is 1. The van der Waals surface area contributed by atoms with Crippen molar-refractivity contribution in [2.45, 2.75) is 69.2 Å². The molecule has 7 heterocycles. The van der Waals surface area contributed by atoms with Crippen molar-refractivity contribution in [1.29, 1.82) is 0 Å². The maximum absolute atomic E-state index is 10.0. The number of hydrogen-bond donors (Lipinski definition) is 4. The van der Waals surface area contributed by atoms with Gasteiger partial charge in [0.25, 0.3) is 0 Å². The Bertz CT molecular complexity index is 6050. The molecule has 5 radical (unpaired) electrons. The average molecular weight is 2520 g/mol. The number of benzene rings is 10. The van der Waals surface area contributed by atoms with E-state index in [4.69, 9.17) is 20.4 Å². The Hall–Kier alpha value is -10.7. The van der Waals surface area contributed by atoms with Gasteiger partial charge in [0.05, 0.1) is 28.6 Å². The normalized spacial score (nSPS) is 10.5. The number of aliphatic hydroxyl groups is 4. The summed E-state index contributed by atoms with van der Waals surface area (Å²) in [5.74, 6) is -0.250. The summed E-state index contributed by atoms with van der Waals surface area (Å²) < 4.78 is 5.11. The van der Waals surface area contributed by atoms with Gasteiger partial charge in [0.15, 0.2) is 23.1 Å². The van der Waals surface area contributed by atoms with Gasteiger partial charge in [-0.15, -0.1) is 201 Å². The topological polar surface area (TPSA) is 214 Å². The zero-order valence-electron chi connectivity index (χ0n) is 67.7. The fourth-order valence-electron chi connectivity index (χ4n) is 11.9. The van der Waals surface area contributed by atoms with E-state index in [1.807, 2.05) is 188 Å². The summed E-state index contributed by atoms with van der Waals surface area (Å²) in [6.45, 7) is 15.6. The second-order valence-electron chi connectivity index (χ2n) is 26.4. The zero-order chi connectivity index (χ0) is 82.9. The first-order valence-corrected chi connectivity index (χ1v) is 38.6.